The predicted molar refractivity (Wildman–Crippen MR) is 116 cm³/mol. The molecule has 0 spiro atoms. The number of aryl methyl sites for hydroxylation is 1. The highest BCUT2D eigenvalue weighted by molar-refractivity contribution is 5.95. The maximum atomic E-state index is 5.53. The summed E-state index contributed by atoms with van der Waals surface area (Å²) in [7, 11) is 0. The molecule has 5 nitrogen and oxygen atoms in total. The minimum Gasteiger partial charge on any atom is -0.463 e. The maximum absolute atomic E-state index is 5.53. The molecule has 1 aliphatic heterocycles. The maximum Gasteiger partial charge on any atom is 0.149 e. The SMILES string of the molecule is C=C(/C=C(\NCCC)c1ccco1)NC1=NC(c2ccc(C)cc2)NC(C)=C1. The first-order valence-electron chi connectivity index (χ1n) is 9.59. The Hall–Kier alpha value is -3.21. The molecule has 28 heavy (non-hydrogen) atoms. The third-order valence-electron chi connectivity index (χ3n) is 4.34. The van der Waals surface area contributed by atoms with E-state index in [1.807, 2.05) is 31.2 Å². The number of benzene rings is 1. The second kappa shape index (κ2) is 9.13. The number of amidine groups is 1. The molecule has 1 aromatic carbocycles. The van der Waals surface area contributed by atoms with Crippen LogP contribution in [0.25, 0.3) is 5.70 Å². The van der Waals surface area contributed by atoms with Gasteiger partial charge in [0.05, 0.1) is 12.0 Å². The van der Waals surface area contributed by atoms with Gasteiger partial charge in [-0.1, -0.05) is 43.3 Å². The van der Waals surface area contributed by atoms with Crippen LogP contribution in [0, 0.1) is 6.92 Å². The molecular weight excluding hydrogens is 348 g/mol. The van der Waals surface area contributed by atoms with E-state index in [0.717, 1.165) is 47.2 Å². The van der Waals surface area contributed by atoms with E-state index in [2.05, 4.69) is 60.6 Å². The second-order valence-electron chi connectivity index (χ2n) is 6.91. The standard InChI is InChI=1S/C23H28N4O/c1-5-12-24-20(21-7-6-13-28-21)14-17(3)25-22-15-18(4)26-23(27-22)19-10-8-16(2)9-11-19/h6-11,13-15,23-24,26H,3,5,12H2,1-2,4H3,(H,25,27)/b20-14-. The molecule has 1 unspecified atom stereocenters. The van der Waals surface area contributed by atoms with E-state index in [0.29, 0.717) is 0 Å². The second-order valence-corrected chi connectivity index (χ2v) is 6.91. The van der Waals surface area contributed by atoms with E-state index in [4.69, 9.17) is 9.41 Å². The summed E-state index contributed by atoms with van der Waals surface area (Å²) in [6.07, 6.45) is 6.50. The summed E-state index contributed by atoms with van der Waals surface area (Å²) in [5, 5.41) is 10.1. The van der Waals surface area contributed by atoms with Crippen molar-refractivity contribution in [2.75, 3.05) is 6.54 Å². The highest BCUT2D eigenvalue weighted by atomic mass is 16.3. The van der Waals surface area contributed by atoms with Crippen molar-refractivity contribution in [3.8, 4) is 0 Å². The van der Waals surface area contributed by atoms with Crippen LogP contribution in [-0.4, -0.2) is 12.4 Å². The summed E-state index contributed by atoms with van der Waals surface area (Å²) in [6, 6.07) is 12.2. The molecule has 0 saturated carbocycles. The van der Waals surface area contributed by atoms with Crippen LogP contribution in [0.5, 0.6) is 0 Å². The Labute approximate surface area is 166 Å². The van der Waals surface area contributed by atoms with E-state index in [9.17, 15) is 0 Å². The number of nitrogens with one attached hydrogen (secondary N) is 3. The van der Waals surface area contributed by atoms with E-state index >= 15 is 0 Å². The normalized spacial score (nSPS) is 16.7. The molecule has 0 fully saturated rings. The fraction of sp³-hybridized carbons (Fsp3) is 0.261. The van der Waals surface area contributed by atoms with Crippen LogP contribution in [0.4, 0.5) is 0 Å². The molecule has 2 heterocycles. The van der Waals surface area contributed by atoms with Gasteiger partial charge in [-0.3, -0.25) is 0 Å². The number of hydrogen-bond donors (Lipinski definition) is 3. The van der Waals surface area contributed by atoms with E-state index in [-0.39, 0.29) is 6.17 Å². The number of aliphatic imine (C=N–C) groups is 1. The molecule has 0 aliphatic carbocycles. The van der Waals surface area contributed by atoms with Gasteiger partial charge in [-0.2, -0.15) is 0 Å². The molecule has 1 atom stereocenters. The van der Waals surface area contributed by atoms with Crippen molar-refractivity contribution < 1.29 is 4.42 Å². The van der Waals surface area contributed by atoms with Crippen LogP contribution in [0.2, 0.25) is 0 Å². The van der Waals surface area contributed by atoms with Gasteiger partial charge in [0.25, 0.3) is 0 Å². The smallest absolute Gasteiger partial charge is 0.149 e. The monoisotopic (exact) mass is 376 g/mol. The summed E-state index contributed by atoms with van der Waals surface area (Å²) in [6.45, 7) is 11.2. The van der Waals surface area contributed by atoms with Gasteiger partial charge in [-0.05, 0) is 50.1 Å². The summed E-state index contributed by atoms with van der Waals surface area (Å²) in [5.41, 5.74) is 5.05. The Morgan fingerprint density at radius 2 is 2.04 bits per heavy atom. The zero-order valence-corrected chi connectivity index (χ0v) is 16.8. The third kappa shape index (κ3) is 5.16. The van der Waals surface area contributed by atoms with Crippen molar-refractivity contribution in [3.05, 3.63) is 89.7 Å². The summed E-state index contributed by atoms with van der Waals surface area (Å²) < 4.78 is 5.53. The topological polar surface area (TPSA) is 61.6 Å². The quantitative estimate of drug-likeness (QED) is 0.616. The Morgan fingerprint density at radius 1 is 1.25 bits per heavy atom. The first kappa shape index (κ1) is 19.5. The summed E-state index contributed by atoms with van der Waals surface area (Å²) >= 11 is 0. The molecule has 0 amide bonds. The fourth-order valence-corrected chi connectivity index (χ4v) is 2.92. The predicted octanol–water partition coefficient (Wildman–Crippen LogP) is 4.64. The summed E-state index contributed by atoms with van der Waals surface area (Å²) in [4.78, 5) is 4.79. The average Bonchev–Trinajstić information content (AvgIpc) is 3.20. The molecule has 0 saturated heterocycles. The van der Waals surface area contributed by atoms with Crippen LogP contribution in [-0.2, 0) is 0 Å². The minimum atomic E-state index is -0.118. The van der Waals surface area contributed by atoms with Crippen molar-refractivity contribution in [1.82, 2.24) is 16.0 Å². The minimum absolute atomic E-state index is 0.118. The van der Waals surface area contributed by atoms with Crippen LogP contribution < -0.4 is 16.0 Å². The lowest BCUT2D eigenvalue weighted by atomic mass is 10.1. The van der Waals surface area contributed by atoms with Gasteiger partial charge in [-0.25, -0.2) is 4.99 Å². The van der Waals surface area contributed by atoms with Gasteiger partial charge in [0.15, 0.2) is 0 Å². The fourth-order valence-electron chi connectivity index (χ4n) is 2.92. The molecule has 3 rings (SSSR count). The molecule has 1 aromatic heterocycles. The highest BCUT2D eigenvalue weighted by Gasteiger charge is 2.15. The van der Waals surface area contributed by atoms with Crippen LogP contribution >= 0.6 is 0 Å². The first-order chi connectivity index (χ1) is 13.5. The Kier molecular flexibility index (Phi) is 6.37. The zero-order chi connectivity index (χ0) is 19.9. The molecule has 5 heteroatoms. The van der Waals surface area contributed by atoms with E-state index < -0.39 is 0 Å². The van der Waals surface area contributed by atoms with Crippen molar-refractivity contribution in [1.29, 1.82) is 0 Å². The summed E-state index contributed by atoms with van der Waals surface area (Å²) in [5.74, 6) is 1.56. The Balaban J connectivity index is 1.76. The van der Waals surface area contributed by atoms with Gasteiger partial charge >= 0.3 is 0 Å². The highest BCUT2D eigenvalue weighted by Crippen LogP contribution is 2.20. The number of rotatable bonds is 7. The zero-order valence-electron chi connectivity index (χ0n) is 16.8. The molecule has 3 N–H and O–H groups in total. The third-order valence-corrected chi connectivity index (χ3v) is 4.34. The Morgan fingerprint density at radius 3 is 2.71 bits per heavy atom. The van der Waals surface area contributed by atoms with Crippen molar-refractivity contribution >= 4 is 11.5 Å². The molecule has 146 valence electrons. The van der Waals surface area contributed by atoms with Gasteiger partial charge < -0.3 is 20.4 Å². The van der Waals surface area contributed by atoms with Crippen LogP contribution in [0.1, 0.15) is 43.3 Å². The number of furan rings is 1. The van der Waals surface area contributed by atoms with Crippen LogP contribution in [0.15, 0.2) is 82.2 Å². The number of hydrogen-bond acceptors (Lipinski definition) is 5. The lowest BCUT2D eigenvalue weighted by Gasteiger charge is -2.23. The lowest BCUT2D eigenvalue weighted by Crippen LogP contribution is -2.30. The molecule has 0 radical (unpaired) electrons. The first-order valence-corrected chi connectivity index (χ1v) is 9.59. The van der Waals surface area contributed by atoms with Gasteiger partial charge in [0, 0.05) is 17.9 Å². The van der Waals surface area contributed by atoms with Gasteiger partial charge in [0.2, 0.25) is 0 Å². The number of nitrogens with zero attached hydrogens (tertiary/aromatic N) is 1. The Bertz CT molecular complexity index is 889. The molecule has 2 aromatic rings. The number of allylic oxidation sites excluding steroid dienone is 2. The van der Waals surface area contributed by atoms with E-state index in [1.165, 1.54) is 5.56 Å². The van der Waals surface area contributed by atoms with Crippen molar-refractivity contribution in [3.63, 3.8) is 0 Å². The molecule has 0 bridgehead atoms. The largest absolute Gasteiger partial charge is 0.463 e. The van der Waals surface area contributed by atoms with Crippen molar-refractivity contribution in [2.24, 2.45) is 4.99 Å². The van der Waals surface area contributed by atoms with Gasteiger partial charge in [0.1, 0.15) is 17.8 Å². The lowest BCUT2D eigenvalue weighted by molar-refractivity contribution is 0.546. The van der Waals surface area contributed by atoms with E-state index in [1.54, 1.807) is 6.26 Å². The van der Waals surface area contributed by atoms with Crippen molar-refractivity contribution in [2.45, 2.75) is 33.4 Å². The van der Waals surface area contributed by atoms with Crippen LogP contribution in [0.3, 0.4) is 0 Å². The molecular formula is C23H28N4O. The molecule has 1 aliphatic rings. The average molecular weight is 377 g/mol. The van der Waals surface area contributed by atoms with Gasteiger partial charge in [-0.15, -0.1) is 0 Å².